The van der Waals surface area contributed by atoms with Gasteiger partial charge in [-0.25, -0.2) is 4.98 Å². The quantitative estimate of drug-likeness (QED) is 0.665. The van der Waals surface area contributed by atoms with Crippen molar-refractivity contribution in [3.05, 3.63) is 46.8 Å². The van der Waals surface area contributed by atoms with E-state index in [1.807, 2.05) is 12.1 Å². The lowest BCUT2D eigenvalue weighted by atomic mass is 10.2. The number of H-pyrrole nitrogens is 1. The number of rotatable bonds is 2. The van der Waals surface area contributed by atoms with Gasteiger partial charge in [0, 0.05) is 12.4 Å². The van der Waals surface area contributed by atoms with Crippen LogP contribution in [-0.4, -0.2) is 24.5 Å². The molecule has 0 bridgehead atoms. The molecule has 90 valence electrons. The van der Waals surface area contributed by atoms with Crippen molar-refractivity contribution in [2.45, 2.75) is 6.54 Å². The molecule has 3 heterocycles. The molecule has 0 saturated carbocycles. The molecule has 0 amide bonds. The van der Waals surface area contributed by atoms with Crippen LogP contribution in [0, 0.1) is 0 Å². The number of aromatic amines is 1. The maximum Gasteiger partial charge on any atom is 0.283 e. The number of nitrogens with one attached hydrogen (secondary N) is 1. The van der Waals surface area contributed by atoms with E-state index in [1.54, 1.807) is 12.4 Å². The summed E-state index contributed by atoms with van der Waals surface area (Å²) < 4.78 is 1.39. The van der Waals surface area contributed by atoms with Crippen molar-refractivity contribution in [1.29, 1.82) is 0 Å². The lowest BCUT2D eigenvalue weighted by Gasteiger charge is -2.08. The number of nitrogen functional groups attached to an aromatic ring is 1. The fraction of sp³-hybridized carbons (Fsp3) is 0.0909. The Morgan fingerprint density at radius 2 is 2.11 bits per heavy atom. The number of imidazole rings is 1. The molecule has 0 aliphatic carbocycles. The van der Waals surface area contributed by atoms with Gasteiger partial charge in [-0.2, -0.15) is 4.98 Å². The van der Waals surface area contributed by atoms with Crippen LogP contribution in [0.15, 0.2) is 35.6 Å². The Morgan fingerprint density at radius 1 is 1.33 bits per heavy atom. The Hall–Kier alpha value is -2.70. The number of anilines is 1. The number of hydrogen-bond acceptors (Lipinski definition) is 5. The second kappa shape index (κ2) is 3.95. The van der Waals surface area contributed by atoms with E-state index in [2.05, 4.69) is 19.9 Å². The van der Waals surface area contributed by atoms with E-state index in [9.17, 15) is 4.79 Å². The lowest BCUT2D eigenvalue weighted by molar-refractivity contribution is 0.760. The highest BCUT2D eigenvalue weighted by atomic mass is 16.1. The summed E-state index contributed by atoms with van der Waals surface area (Å²) in [4.78, 5) is 26.9. The highest BCUT2D eigenvalue weighted by molar-refractivity contribution is 5.69. The highest BCUT2D eigenvalue weighted by Gasteiger charge is 2.10. The molecule has 18 heavy (non-hydrogen) atoms. The van der Waals surface area contributed by atoms with Crippen molar-refractivity contribution in [3.8, 4) is 0 Å². The molecule has 0 aliphatic rings. The van der Waals surface area contributed by atoms with Crippen molar-refractivity contribution in [2.75, 3.05) is 5.73 Å². The van der Waals surface area contributed by atoms with Crippen LogP contribution < -0.4 is 11.3 Å². The molecular formula is C11H10N6O. The molecular weight excluding hydrogens is 232 g/mol. The van der Waals surface area contributed by atoms with Crippen LogP contribution in [0.2, 0.25) is 0 Å². The molecule has 0 saturated heterocycles. The van der Waals surface area contributed by atoms with Crippen molar-refractivity contribution in [2.24, 2.45) is 0 Å². The zero-order valence-electron chi connectivity index (χ0n) is 9.37. The number of nitrogens with zero attached hydrogens (tertiary/aromatic N) is 4. The molecule has 0 radical (unpaired) electrons. The van der Waals surface area contributed by atoms with Gasteiger partial charge in [0.1, 0.15) is 0 Å². The van der Waals surface area contributed by atoms with Crippen LogP contribution in [0.1, 0.15) is 5.56 Å². The van der Waals surface area contributed by atoms with Crippen molar-refractivity contribution in [3.63, 3.8) is 0 Å². The molecule has 0 aromatic carbocycles. The zero-order valence-corrected chi connectivity index (χ0v) is 9.37. The first-order chi connectivity index (χ1) is 8.75. The van der Waals surface area contributed by atoms with Gasteiger partial charge < -0.3 is 10.7 Å². The first-order valence-electron chi connectivity index (χ1n) is 5.34. The summed E-state index contributed by atoms with van der Waals surface area (Å²) in [7, 11) is 0. The fourth-order valence-corrected chi connectivity index (χ4v) is 1.76. The van der Waals surface area contributed by atoms with Gasteiger partial charge in [-0.3, -0.25) is 14.3 Å². The minimum Gasteiger partial charge on any atom is -0.369 e. The zero-order chi connectivity index (χ0) is 12.5. The smallest absolute Gasteiger partial charge is 0.283 e. The molecule has 7 nitrogen and oxygen atoms in total. The SMILES string of the molecule is Nc1nc2[nH]cnc2c(=O)n1Cc1ccncc1. The van der Waals surface area contributed by atoms with Crippen LogP contribution in [0.3, 0.4) is 0 Å². The highest BCUT2D eigenvalue weighted by Crippen LogP contribution is 2.07. The van der Waals surface area contributed by atoms with E-state index >= 15 is 0 Å². The Kier molecular flexibility index (Phi) is 2.30. The van der Waals surface area contributed by atoms with Gasteiger partial charge >= 0.3 is 0 Å². The van der Waals surface area contributed by atoms with Gasteiger partial charge in [0.2, 0.25) is 5.95 Å². The van der Waals surface area contributed by atoms with Crippen molar-refractivity contribution >= 4 is 17.1 Å². The summed E-state index contributed by atoms with van der Waals surface area (Å²) in [6.45, 7) is 0.350. The van der Waals surface area contributed by atoms with Gasteiger partial charge in [-0.15, -0.1) is 0 Å². The fourth-order valence-electron chi connectivity index (χ4n) is 1.76. The normalized spacial score (nSPS) is 10.9. The third-order valence-electron chi connectivity index (χ3n) is 2.66. The van der Waals surface area contributed by atoms with E-state index in [-0.39, 0.29) is 11.5 Å². The molecule has 0 unspecified atom stereocenters. The number of hydrogen-bond donors (Lipinski definition) is 2. The van der Waals surface area contributed by atoms with Crippen LogP contribution in [-0.2, 0) is 6.54 Å². The first kappa shape index (κ1) is 10.5. The van der Waals surface area contributed by atoms with Crippen LogP contribution in [0.5, 0.6) is 0 Å². The van der Waals surface area contributed by atoms with Gasteiger partial charge in [0.05, 0.1) is 12.9 Å². The molecule has 3 aromatic rings. The Morgan fingerprint density at radius 3 is 2.89 bits per heavy atom. The number of pyridine rings is 1. The topological polar surface area (TPSA) is 102 Å². The van der Waals surface area contributed by atoms with E-state index in [0.29, 0.717) is 17.7 Å². The predicted molar refractivity (Wildman–Crippen MR) is 65.9 cm³/mol. The van der Waals surface area contributed by atoms with E-state index < -0.39 is 0 Å². The number of aromatic nitrogens is 5. The first-order valence-corrected chi connectivity index (χ1v) is 5.34. The largest absolute Gasteiger partial charge is 0.369 e. The number of fused-ring (bicyclic) bond motifs is 1. The molecule has 3 rings (SSSR count). The monoisotopic (exact) mass is 242 g/mol. The standard InChI is InChI=1S/C11H10N6O/c12-11-16-9-8(14-6-15-9)10(18)17(11)5-7-1-3-13-4-2-7/h1-4,6H,5H2,(H2,12,16)(H,14,15). The average molecular weight is 242 g/mol. The van der Waals surface area contributed by atoms with Crippen molar-refractivity contribution in [1.82, 2.24) is 24.5 Å². The molecule has 0 aliphatic heterocycles. The van der Waals surface area contributed by atoms with Crippen LogP contribution >= 0.6 is 0 Å². The van der Waals surface area contributed by atoms with Crippen LogP contribution in [0.25, 0.3) is 11.2 Å². The Labute approximate surface area is 101 Å². The summed E-state index contributed by atoms with van der Waals surface area (Å²) in [5, 5.41) is 0. The minimum atomic E-state index is -0.254. The minimum absolute atomic E-state index is 0.161. The third-order valence-corrected chi connectivity index (χ3v) is 2.66. The maximum atomic E-state index is 12.2. The molecule has 3 aromatic heterocycles. The van der Waals surface area contributed by atoms with Gasteiger partial charge in [0.15, 0.2) is 11.2 Å². The maximum absolute atomic E-state index is 12.2. The summed E-state index contributed by atoms with van der Waals surface area (Å²) in [6, 6.07) is 3.64. The summed E-state index contributed by atoms with van der Waals surface area (Å²) >= 11 is 0. The van der Waals surface area contributed by atoms with Crippen molar-refractivity contribution < 1.29 is 0 Å². The number of nitrogens with two attached hydrogens (primary N) is 1. The summed E-state index contributed by atoms with van der Waals surface area (Å²) in [6.07, 6.45) is 4.75. The lowest BCUT2D eigenvalue weighted by Crippen LogP contribution is -2.25. The summed E-state index contributed by atoms with van der Waals surface area (Å²) in [5.74, 6) is 0.161. The average Bonchev–Trinajstić information content (AvgIpc) is 2.84. The molecule has 0 spiro atoms. The van der Waals surface area contributed by atoms with Gasteiger partial charge in [-0.1, -0.05) is 0 Å². The van der Waals surface area contributed by atoms with Gasteiger partial charge in [0.25, 0.3) is 5.56 Å². The molecule has 3 N–H and O–H groups in total. The predicted octanol–water partition coefficient (Wildman–Crippen LogP) is 0.145. The molecule has 0 atom stereocenters. The Bertz CT molecular complexity index is 745. The second-order valence-corrected chi connectivity index (χ2v) is 3.82. The second-order valence-electron chi connectivity index (χ2n) is 3.82. The molecule has 7 heteroatoms. The van der Waals surface area contributed by atoms with E-state index in [1.165, 1.54) is 10.9 Å². The Balaban J connectivity index is 2.14. The molecule has 0 fully saturated rings. The third kappa shape index (κ3) is 1.61. The van der Waals surface area contributed by atoms with E-state index in [4.69, 9.17) is 5.73 Å². The van der Waals surface area contributed by atoms with Crippen LogP contribution in [0.4, 0.5) is 5.95 Å². The summed E-state index contributed by atoms with van der Waals surface area (Å²) in [5.41, 5.74) is 7.15. The van der Waals surface area contributed by atoms with E-state index in [0.717, 1.165) is 5.56 Å². The van der Waals surface area contributed by atoms with Gasteiger partial charge in [-0.05, 0) is 17.7 Å².